The first-order valence-electron chi connectivity index (χ1n) is 8.36. The van der Waals surface area contributed by atoms with E-state index < -0.39 is 48.2 Å². The molecule has 3 amide bonds. The molecule has 0 rings (SSSR count). The molecule has 7 N–H and O–H groups in total. The van der Waals surface area contributed by atoms with Gasteiger partial charge in [-0.2, -0.15) is 0 Å². The third kappa shape index (κ3) is 8.48. The van der Waals surface area contributed by atoms with Crippen molar-refractivity contribution in [2.75, 3.05) is 0 Å². The normalized spacial score (nSPS) is 15.8. The van der Waals surface area contributed by atoms with Gasteiger partial charge < -0.3 is 27.2 Å². The fraction of sp³-hybridized carbons (Fsp3) is 0.750. The van der Waals surface area contributed by atoms with E-state index in [9.17, 15) is 24.3 Å². The molecule has 0 bridgehead atoms. The van der Waals surface area contributed by atoms with Crippen molar-refractivity contribution >= 4 is 23.7 Å². The van der Waals surface area contributed by atoms with Crippen LogP contribution in [0.5, 0.6) is 0 Å². The molecular weight excluding hydrogens is 328 g/mol. The van der Waals surface area contributed by atoms with Crippen LogP contribution in [-0.2, 0) is 19.2 Å². The zero-order valence-electron chi connectivity index (χ0n) is 15.2. The highest BCUT2D eigenvalue weighted by atomic mass is 16.4. The number of carboxylic acid groups (broad SMARTS) is 1. The number of aliphatic carboxylic acids is 1. The molecule has 4 unspecified atom stereocenters. The fourth-order valence-corrected chi connectivity index (χ4v) is 2.24. The number of amides is 3. The summed E-state index contributed by atoms with van der Waals surface area (Å²) in [6.07, 6.45) is 0.490. The maximum absolute atomic E-state index is 12.4. The highest BCUT2D eigenvalue weighted by Gasteiger charge is 2.31. The minimum Gasteiger partial charge on any atom is -0.480 e. The molecular formula is C16H30N4O5. The van der Waals surface area contributed by atoms with Crippen molar-refractivity contribution in [2.45, 2.75) is 65.1 Å². The Morgan fingerprint density at radius 1 is 1.04 bits per heavy atom. The van der Waals surface area contributed by atoms with Gasteiger partial charge in [0.2, 0.25) is 17.7 Å². The standard InChI is InChI=1S/C16H30N4O5/c1-5-9(4)13(16(24)25)20-15(23)11(7-12(18)21)19-14(22)10(17)6-8(2)3/h8-11,13H,5-7,17H2,1-4H3,(H2,18,21)(H,19,22)(H,20,23)(H,24,25). The Kier molecular flexibility index (Phi) is 9.73. The minimum absolute atomic E-state index is 0.172. The van der Waals surface area contributed by atoms with Gasteiger partial charge in [0.1, 0.15) is 12.1 Å². The second kappa shape index (κ2) is 10.7. The topological polar surface area (TPSA) is 165 Å². The number of nitrogens with one attached hydrogen (secondary N) is 2. The number of nitrogens with two attached hydrogens (primary N) is 2. The van der Waals surface area contributed by atoms with Crippen LogP contribution in [0.3, 0.4) is 0 Å². The Bertz CT molecular complexity index is 495. The second-order valence-electron chi connectivity index (χ2n) is 6.68. The van der Waals surface area contributed by atoms with Crippen molar-refractivity contribution in [3.8, 4) is 0 Å². The molecule has 0 spiro atoms. The SMILES string of the molecule is CCC(C)C(NC(=O)C(CC(N)=O)NC(=O)C(N)CC(C)C)C(=O)O. The monoisotopic (exact) mass is 358 g/mol. The van der Waals surface area contributed by atoms with Gasteiger partial charge in [0.25, 0.3) is 0 Å². The van der Waals surface area contributed by atoms with Crippen molar-refractivity contribution in [3.63, 3.8) is 0 Å². The molecule has 0 aliphatic carbocycles. The highest BCUT2D eigenvalue weighted by Crippen LogP contribution is 2.09. The van der Waals surface area contributed by atoms with Crippen LogP contribution >= 0.6 is 0 Å². The third-order valence-corrected chi connectivity index (χ3v) is 3.88. The Labute approximate surface area is 147 Å². The average Bonchev–Trinajstić information content (AvgIpc) is 2.49. The van der Waals surface area contributed by atoms with Crippen molar-refractivity contribution < 1.29 is 24.3 Å². The molecule has 0 aliphatic heterocycles. The summed E-state index contributed by atoms with van der Waals surface area (Å²) in [6.45, 7) is 7.26. The van der Waals surface area contributed by atoms with Gasteiger partial charge >= 0.3 is 5.97 Å². The Morgan fingerprint density at radius 2 is 1.60 bits per heavy atom. The molecule has 0 saturated heterocycles. The van der Waals surface area contributed by atoms with Crippen LogP contribution in [0.25, 0.3) is 0 Å². The summed E-state index contributed by atoms with van der Waals surface area (Å²) in [7, 11) is 0. The summed E-state index contributed by atoms with van der Waals surface area (Å²) < 4.78 is 0. The Balaban J connectivity index is 5.12. The summed E-state index contributed by atoms with van der Waals surface area (Å²) >= 11 is 0. The summed E-state index contributed by atoms with van der Waals surface area (Å²) in [6, 6.07) is -3.24. The third-order valence-electron chi connectivity index (χ3n) is 3.88. The molecule has 0 radical (unpaired) electrons. The van der Waals surface area contributed by atoms with Gasteiger partial charge in [-0.25, -0.2) is 4.79 Å². The summed E-state index contributed by atoms with van der Waals surface area (Å²) in [5.41, 5.74) is 10.9. The van der Waals surface area contributed by atoms with Crippen LogP contribution in [0.2, 0.25) is 0 Å². The van der Waals surface area contributed by atoms with E-state index in [-0.39, 0.29) is 11.8 Å². The molecule has 0 heterocycles. The van der Waals surface area contributed by atoms with E-state index >= 15 is 0 Å². The quantitative estimate of drug-likeness (QED) is 0.329. The van der Waals surface area contributed by atoms with E-state index in [1.807, 2.05) is 13.8 Å². The average molecular weight is 358 g/mol. The number of carboxylic acids is 1. The molecule has 144 valence electrons. The van der Waals surface area contributed by atoms with Gasteiger partial charge in [-0.1, -0.05) is 34.1 Å². The van der Waals surface area contributed by atoms with Gasteiger partial charge in [0.15, 0.2) is 0 Å². The summed E-state index contributed by atoms with van der Waals surface area (Å²) in [4.78, 5) is 47.0. The lowest BCUT2D eigenvalue weighted by Crippen LogP contribution is -2.56. The highest BCUT2D eigenvalue weighted by molar-refractivity contribution is 5.94. The first kappa shape index (κ1) is 22.8. The number of carbonyl (C=O) groups excluding carboxylic acids is 3. The number of hydrogen-bond donors (Lipinski definition) is 5. The molecule has 0 fully saturated rings. The zero-order valence-corrected chi connectivity index (χ0v) is 15.2. The second-order valence-corrected chi connectivity index (χ2v) is 6.68. The lowest BCUT2D eigenvalue weighted by molar-refractivity contribution is -0.143. The fourth-order valence-electron chi connectivity index (χ4n) is 2.24. The lowest BCUT2D eigenvalue weighted by Gasteiger charge is -2.25. The molecule has 0 aromatic heterocycles. The number of hydrogen-bond acceptors (Lipinski definition) is 5. The van der Waals surface area contributed by atoms with Crippen LogP contribution < -0.4 is 22.1 Å². The minimum atomic E-state index is -1.27. The molecule has 0 aromatic carbocycles. The van der Waals surface area contributed by atoms with Crippen molar-refractivity contribution in [1.29, 1.82) is 0 Å². The first-order valence-corrected chi connectivity index (χ1v) is 8.36. The van der Waals surface area contributed by atoms with E-state index in [2.05, 4.69) is 10.6 Å². The van der Waals surface area contributed by atoms with Gasteiger partial charge in [0, 0.05) is 0 Å². The summed E-state index contributed by atoms with van der Waals surface area (Å²) in [5, 5.41) is 14.0. The van der Waals surface area contributed by atoms with Crippen LogP contribution in [-0.4, -0.2) is 46.9 Å². The smallest absolute Gasteiger partial charge is 0.326 e. The molecule has 25 heavy (non-hydrogen) atoms. The number of carbonyl (C=O) groups is 4. The van der Waals surface area contributed by atoms with Crippen molar-refractivity contribution in [2.24, 2.45) is 23.3 Å². The lowest BCUT2D eigenvalue weighted by atomic mass is 9.98. The molecule has 0 aliphatic rings. The Morgan fingerprint density at radius 3 is 2.00 bits per heavy atom. The van der Waals surface area contributed by atoms with Gasteiger partial charge in [0.05, 0.1) is 12.5 Å². The number of primary amides is 1. The first-order chi connectivity index (χ1) is 11.5. The zero-order chi connectivity index (χ0) is 19.7. The maximum Gasteiger partial charge on any atom is 0.326 e. The molecule has 9 heteroatoms. The largest absolute Gasteiger partial charge is 0.480 e. The predicted octanol–water partition coefficient (Wildman–Crippen LogP) is -0.664. The maximum atomic E-state index is 12.4. The van der Waals surface area contributed by atoms with Crippen LogP contribution in [0.4, 0.5) is 0 Å². The molecule has 4 atom stereocenters. The van der Waals surface area contributed by atoms with Crippen molar-refractivity contribution in [3.05, 3.63) is 0 Å². The van der Waals surface area contributed by atoms with E-state index in [1.54, 1.807) is 13.8 Å². The van der Waals surface area contributed by atoms with E-state index in [1.165, 1.54) is 0 Å². The Hall–Kier alpha value is -2.16. The van der Waals surface area contributed by atoms with Crippen molar-refractivity contribution in [1.82, 2.24) is 10.6 Å². The molecule has 0 aromatic rings. The van der Waals surface area contributed by atoms with Crippen LogP contribution in [0.15, 0.2) is 0 Å². The molecule has 0 saturated carbocycles. The number of rotatable bonds is 11. The van der Waals surface area contributed by atoms with E-state index in [4.69, 9.17) is 11.5 Å². The van der Waals surface area contributed by atoms with Gasteiger partial charge in [-0.15, -0.1) is 0 Å². The van der Waals surface area contributed by atoms with E-state index in [0.29, 0.717) is 12.8 Å². The van der Waals surface area contributed by atoms with Gasteiger partial charge in [-0.3, -0.25) is 14.4 Å². The van der Waals surface area contributed by atoms with E-state index in [0.717, 1.165) is 0 Å². The van der Waals surface area contributed by atoms with Crippen LogP contribution in [0.1, 0.15) is 47.0 Å². The van der Waals surface area contributed by atoms with Gasteiger partial charge in [-0.05, 0) is 18.3 Å². The van der Waals surface area contributed by atoms with Crippen LogP contribution in [0, 0.1) is 11.8 Å². The summed E-state index contributed by atoms with van der Waals surface area (Å²) in [5.74, 6) is -3.51. The molecule has 9 nitrogen and oxygen atoms in total. The predicted molar refractivity (Wildman–Crippen MR) is 92.2 cm³/mol.